The summed E-state index contributed by atoms with van der Waals surface area (Å²) in [5.74, 6) is 0.634. The zero-order valence-electron chi connectivity index (χ0n) is 12.7. The van der Waals surface area contributed by atoms with Crippen LogP contribution in [0.5, 0.6) is 5.75 Å². The summed E-state index contributed by atoms with van der Waals surface area (Å²) in [6.45, 7) is 0. The molecule has 1 atom stereocenters. The lowest BCUT2D eigenvalue weighted by Crippen LogP contribution is -2.15. The third-order valence-corrected chi connectivity index (χ3v) is 4.36. The first-order chi connectivity index (χ1) is 10.2. The number of hydrogen-bond donors (Lipinski definition) is 0. The summed E-state index contributed by atoms with van der Waals surface area (Å²) in [7, 11) is 1.61. The number of nitriles is 1. The van der Waals surface area contributed by atoms with Crippen LogP contribution in [0.2, 0.25) is 0 Å². The van der Waals surface area contributed by atoms with Gasteiger partial charge in [0.05, 0.1) is 13.2 Å². The van der Waals surface area contributed by atoms with Crippen LogP contribution in [0, 0.1) is 17.2 Å². The Labute approximate surface area is 126 Å². The maximum atomic E-state index is 12.5. The molecule has 112 valence electrons. The minimum absolute atomic E-state index is 0.0644. The molecule has 1 aromatic rings. The van der Waals surface area contributed by atoms with Crippen molar-refractivity contribution in [2.24, 2.45) is 5.92 Å². The molecule has 0 heterocycles. The van der Waals surface area contributed by atoms with Crippen molar-refractivity contribution in [3.63, 3.8) is 0 Å². The Morgan fingerprint density at radius 1 is 1.24 bits per heavy atom. The lowest BCUT2D eigenvalue weighted by atomic mass is 9.87. The largest absolute Gasteiger partial charge is 0.497 e. The first-order valence-corrected chi connectivity index (χ1v) is 7.81. The average molecular weight is 285 g/mol. The zero-order chi connectivity index (χ0) is 15.1. The fraction of sp³-hybridized carbons (Fsp3) is 0.556. The summed E-state index contributed by atoms with van der Waals surface area (Å²) >= 11 is 0. The van der Waals surface area contributed by atoms with Crippen LogP contribution in [-0.2, 0) is 4.79 Å². The number of benzene rings is 1. The molecule has 0 saturated heterocycles. The van der Waals surface area contributed by atoms with Gasteiger partial charge >= 0.3 is 0 Å². The Kier molecular flexibility index (Phi) is 5.80. The number of ketones is 1. The van der Waals surface area contributed by atoms with E-state index in [9.17, 15) is 10.1 Å². The molecule has 3 heteroatoms. The Morgan fingerprint density at radius 2 is 1.86 bits per heavy atom. The Morgan fingerprint density at radius 3 is 2.38 bits per heavy atom. The standard InChI is InChI=1S/C18H23NO2/c1-21-16-10-8-15(9-11-16)17(13-19)18(20)12-14-6-4-2-3-5-7-14/h8-11,14,17H,2-7,12H2,1H3. The minimum Gasteiger partial charge on any atom is -0.497 e. The summed E-state index contributed by atoms with van der Waals surface area (Å²) in [5, 5.41) is 9.36. The van der Waals surface area contributed by atoms with Crippen LogP contribution in [0.15, 0.2) is 24.3 Å². The van der Waals surface area contributed by atoms with Crippen LogP contribution in [0.4, 0.5) is 0 Å². The highest BCUT2D eigenvalue weighted by Gasteiger charge is 2.24. The molecule has 0 radical (unpaired) electrons. The van der Waals surface area contributed by atoms with Crippen molar-refractivity contribution in [3.05, 3.63) is 29.8 Å². The van der Waals surface area contributed by atoms with Gasteiger partial charge in [-0.2, -0.15) is 5.26 Å². The number of rotatable bonds is 5. The number of Topliss-reactive ketones (excluding diaryl/α,β-unsaturated/α-hetero) is 1. The summed E-state index contributed by atoms with van der Waals surface area (Å²) < 4.78 is 5.11. The van der Waals surface area contributed by atoms with E-state index in [-0.39, 0.29) is 5.78 Å². The van der Waals surface area contributed by atoms with Crippen LogP contribution in [0.1, 0.15) is 56.4 Å². The first-order valence-electron chi connectivity index (χ1n) is 7.81. The molecule has 0 aromatic heterocycles. The minimum atomic E-state index is -0.640. The molecule has 0 bridgehead atoms. The van der Waals surface area contributed by atoms with Gasteiger partial charge in [-0.05, 0) is 23.6 Å². The lowest BCUT2D eigenvalue weighted by molar-refractivity contribution is -0.120. The van der Waals surface area contributed by atoms with Gasteiger partial charge in [0.25, 0.3) is 0 Å². The number of methoxy groups -OCH3 is 1. The third-order valence-electron chi connectivity index (χ3n) is 4.36. The van der Waals surface area contributed by atoms with E-state index in [0.717, 1.165) is 24.2 Å². The van der Waals surface area contributed by atoms with Crippen molar-refractivity contribution in [3.8, 4) is 11.8 Å². The second kappa shape index (κ2) is 7.83. The van der Waals surface area contributed by atoms with Gasteiger partial charge in [0.1, 0.15) is 11.7 Å². The van der Waals surface area contributed by atoms with Gasteiger partial charge in [0.15, 0.2) is 5.78 Å². The van der Waals surface area contributed by atoms with Gasteiger partial charge in [-0.25, -0.2) is 0 Å². The number of hydrogen-bond acceptors (Lipinski definition) is 3. The van der Waals surface area contributed by atoms with Crippen molar-refractivity contribution in [2.75, 3.05) is 7.11 Å². The van der Waals surface area contributed by atoms with Gasteiger partial charge in [-0.15, -0.1) is 0 Å². The van der Waals surface area contributed by atoms with E-state index in [2.05, 4.69) is 6.07 Å². The Hall–Kier alpha value is -1.82. The molecule has 0 amide bonds. The molecule has 2 rings (SSSR count). The lowest BCUT2D eigenvalue weighted by Gasteiger charge is -2.15. The highest BCUT2D eigenvalue weighted by atomic mass is 16.5. The molecule has 0 aliphatic heterocycles. The van der Waals surface area contributed by atoms with E-state index in [1.807, 2.05) is 12.1 Å². The summed E-state index contributed by atoms with van der Waals surface area (Å²) in [4.78, 5) is 12.5. The highest BCUT2D eigenvalue weighted by Crippen LogP contribution is 2.29. The second-order valence-corrected chi connectivity index (χ2v) is 5.86. The molecule has 1 aliphatic rings. The quantitative estimate of drug-likeness (QED) is 0.761. The predicted octanol–water partition coefficient (Wildman–Crippen LogP) is 4.23. The second-order valence-electron chi connectivity index (χ2n) is 5.86. The van der Waals surface area contributed by atoms with Crippen LogP contribution in [-0.4, -0.2) is 12.9 Å². The van der Waals surface area contributed by atoms with Crippen molar-refractivity contribution in [1.29, 1.82) is 5.26 Å². The van der Waals surface area contributed by atoms with Crippen molar-refractivity contribution < 1.29 is 9.53 Å². The van der Waals surface area contributed by atoms with Crippen LogP contribution >= 0.6 is 0 Å². The fourth-order valence-corrected chi connectivity index (χ4v) is 3.10. The van der Waals surface area contributed by atoms with Gasteiger partial charge in [0, 0.05) is 6.42 Å². The summed E-state index contributed by atoms with van der Waals surface area (Å²) in [6.07, 6.45) is 7.81. The smallest absolute Gasteiger partial charge is 0.154 e. The Bertz CT molecular complexity index is 493. The van der Waals surface area contributed by atoms with Crippen molar-refractivity contribution >= 4 is 5.78 Å². The summed E-state index contributed by atoms with van der Waals surface area (Å²) in [6, 6.07) is 9.41. The van der Waals surface area contributed by atoms with Gasteiger partial charge in [0.2, 0.25) is 0 Å². The van der Waals surface area contributed by atoms with Crippen LogP contribution < -0.4 is 4.74 Å². The predicted molar refractivity (Wildman–Crippen MR) is 82.2 cm³/mol. The van der Waals surface area contributed by atoms with E-state index < -0.39 is 5.92 Å². The van der Waals surface area contributed by atoms with E-state index in [4.69, 9.17) is 4.74 Å². The number of carbonyl (C=O) groups excluding carboxylic acids is 1. The van der Waals surface area contributed by atoms with Crippen LogP contribution in [0.25, 0.3) is 0 Å². The van der Waals surface area contributed by atoms with E-state index in [1.165, 1.54) is 25.7 Å². The van der Waals surface area contributed by atoms with Gasteiger partial charge in [-0.1, -0.05) is 50.7 Å². The van der Waals surface area contributed by atoms with Gasteiger partial charge in [-0.3, -0.25) is 4.79 Å². The maximum Gasteiger partial charge on any atom is 0.154 e. The zero-order valence-corrected chi connectivity index (χ0v) is 12.7. The number of carbonyl (C=O) groups is 1. The topological polar surface area (TPSA) is 50.1 Å². The molecule has 21 heavy (non-hydrogen) atoms. The molecule has 0 N–H and O–H groups in total. The molecule has 3 nitrogen and oxygen atoms in total. The third kappa shape index (κ3) is 4.32. The molecule has 0 spiro atoms. The molecular weight excluding hydrogens is 262 g/mol. The molecule has 1 saturated carbocycles. The number of nitrogens with zero attached hydrogens (tertiary/aromatic N) is 1. The molecule has 1 fully saturated rings. The summed E-state index contributed by atoms with van der Waals surface area (Å²) in [5.41, 5.74) is 0.775. The average Bonchev–Trinajstić information content (AvgIpc) is 2.77. The normalized spacial score (nSPS) is 17.5. The number of ether oxygens (including phenoxy) is 1. The highest BCUT2D eigenvalue weighted by molar-refractivity contribution is 5.88. The van der Waals surface area contributed by atoms with Crippen molar-refractivity contribution in [1.82, 2.24) is 0 Å². The molecule has 1 aliphatic carbocycles. The van der Waals surface area contributed by atoms with Gasteiger partial charge < -0.3 is 4.74 Å². The van der Waals surface area contributed by atoms with E-state index in [0.29, 0.717) is 12.3 Å². The van der Waals surface area contributed by atoms with E-state index >= 15 is 0 Å². The van der Waals surface area contributed by atoms with Crippen LogP contribution in [0.3, 0.4) is 0 Å². The fourth-order valence-electron chi connectivity index (χ4n) is 3.10. The van der Waals surface area contributed by atoms with Crippen molar-refractivity contribution in [2.45, 2.75) is 50.9 Å². The molecule has 1 unspecified atom stereocenters. The maximum absolute atomic E-state index is 12.5. The SMILES string of the molecule is COc1ccc(C(C#N)C(=O)CC2CCCCCC2)cc1. The van der Waals surface area contributed by atoms with E-state index in [1.54, 1.807) is 19.2 Å². The molecule has 1 aromatic carbocycles. The first kappa shape index (κ1) is 15.6. The molecular formula is C18H23NO2. The Balaban J connectivity index is 2.01. The monoisotopic (exact) mass is 285 g/mol.